The van der Waals surface area contributed by atoms with E-state index in [1.54, 1.807) is 19.1 Å². The molecule has 0 radical (unpaired) electrons. The van der Waals surface area contributed by atoms with Gasteiger partial charge in [0.2, 0.25) is 0 Å². The highest BCUT2D eigenvalue weighted by Gasteiger charge is 2.16. The fourth-order valence-electron chi connectivity index (χ4n) is 1.75. The van der Waals surface area contributed by atoms with Crippen LogP contribution in [0.15, 0.2) is 24.4 Å². The number of hydrogen-bond donors (Lipinski definition) is 2. The average molecular weight is 289 g/mol. The van der Waals surface area contributed by atoms with E-state index in [9.17, 15) is 14.3 Å². The third-order valence-electron chi connectivity index (χ3n) is 2.98. The van der Waals surface area contributed by atoms with Crippen molar-refractivity contribution in [2.75, 3.05) is 5.32 Å². The van der Waals surface area contributed by atoms with Crippen LogP contribution in [0.3, 0.4) is 0 Å². The summed E-state index contributed by atoms with van der Waals surface area (Å²) in [6.07, 6.45) is 1.41. The minimum absolute atomic E-state index is 0.0222. The normalized spacial score (nSPS) is 10.7. The number of benzene rings is 1. The maximum absolute atomic E-state index is 13.5. The van der Waals surface area contributed by atoms with Crippen LogP contribution in [0.4, 0.5) is 15.8 Å². The number of rotatable bonds is 4. The molecule has 0 unspecified atom stereocenters. The first-order valence-corrected chi connectivity index (χ1v) is 6.52. The van der Waals surface area contributed by atoms with Crippen LogP contribution in [0.2, 0.25) is 0 Å². The van der Waals surface area contributed by atoms with Crippen molar-refractivity contribution in [3.05, 3.63) is 47.3 Å². The fourth-order valence-corrected chi connectivity index (χ4v) is 1.75. The summed E-state index contributed by atoms with van der Waals surface area (Å²) in [5.41, 5.74) is 1.07. The quantitative estimate of drug-likeness (QED) is 0.901. The molecule has 0 saturated carbocycles. The smallest absolute Gasteiger partial charge is 0.356 e. The molecule has 110 valence electrons. The number of halogens is 1. The van der Waals surface area contributed by atoms with Gasteiger partial charge in [-0.15, -0.1) is 0 Å². The van der Waals surface area contributed by atoms with Crippen LogP contribution in [-0.2, 0) is 0 Å². The minimum atomic E-state index is -1.16. The van der Waals surface area contributed by atoms with E-state index in [4.69, 9.17) is 0 Å². The lowest BCUT2D eigenvalue weighted by Crippen LogP contribution is -2.10. The average Bonchev–Trinajstić information content (AvgIpc) is 2.43. The molecule has 5 nitrogen and oxygen atoms in total. The molecule has 0 atom stereocenters. The lowest BCUT2D eigenvalue weighted by molar-refractivity contribution is 0.0691. The number of aryl methyl sites for hydroxylation is 1. The van der Waals surface area contributed by atoms with E-state index in [1.165, 1.54) is 12.3 Å². The van der Waals surface area contributed by atoms with Crippen molar-refractivity contribution in [2.45, 2.75) is 26.7 Å². The molecule has 0 saturated heterocycles. The van der Waals surface area contributed by atoms with Crippen molar-refractivity contribution < 1.29 is 14.3 Å². The summed E-state index contributed by atoms with van der Waals surface area (Å²) < 4.78 is 13.5. The molecule has 0 spiro atoms. The van der Waals surface area contributed by atoms with Gasteiger partial charge >= 0.3 is 5.97 Å². The highest BCUT2D eigenvalue weighted by Crippen LogP contribution is 2.22. The van der Waals surface area contributed by atoms with E-state index >= 15 is 0 Å². The number of carbonyl (C=O) groups is 1. The molecule has 1 aromatic carbocycles. The van der Waals surface area contributed by atoms with E-state index < -0.39 is 5.97 Å². The zero-order valence-electron chi connectivity index (χ0n) is 12.0. The molecule has 1 aromatic heterocycles. The molecule has 1 heterocycles. The molecule has 0 amide bonds. The maximum Gasteiger partial charge on any atom is 0.356 e. The van der Waals surface area contributed by atoms with Crippen molar-refractivity contribution in [1.82, 2.24) is 9.97 Å². The minimum Gasteiger partial charge on any atom is -0.476 e. The Bertz CT molecular complexity index is 687. The summed E-state index contributed by atoms with van der Waals surface area (Å²) in [5, 5.41) is 12.1. The second kappa shape index (κ2) is 5.87. The number of hydrogen-bond acceptors (Lipinski definition) is 4. The first kappa shape index (κ1) is 14.9. The molecule has 2 N–H and O–H groups in total. The van der Waals surface area contributed by atoms with E-state index in [-0.39, 0.29) is 23.1 Å². The Balaban J connectivity index is 2.39. The predicted octanol–water partition coefficient (Wildman–Crippen LogP) is 3.49. The van der Waals surface area contributed by atoms with E-state index in [2.05, 4.69) is 15.3 Å². The Hall–Kier alpha value is -2.50. The van der Waals surface area contributed by atoms with Crippen LogP contribution in [-0.4, -0.2) is 21.0 Å². The van der Waals surface area contributed by atoms with Crippen LogP contribution in [0.1, 0.15) is 41.6 Å². The van der Waals surface area contributed by atoms with Gasteiger partial charge in [0, 0.05) is 11.6 Å². The van der Waals surface area contributed by atoms with Crippen LogP contribution < -0.4 is 5.32 Å². The maximum atomic E-state index is 13.5. The second-order valence-corrected chi connectivity index (χ2v) is 5.04. The Morgan fingerprint density at radius 2 is 2.10 bits per heavy atom. The standard InChI is InChI=1S/C15H16FN3O2/c1-8(2)14-17-7-12(13(19-14)15(20)21)18-10-5-4-9(3)11(16)6-10/h4-8,18H,1-3H3,(H,20,21). The lowest BCUT2D eigenvalue weighted by Gasteiger charge is -2.11. The fraction of sp³-hybridized carbons (Fsp3) is 0.267. The summed E-state index contributed by atoms with van der Waals surface area (Å²) in [4.78, 5) is 19.5. The SMILES string of the molecule is Cc1ccc(Nc2cnc(C(C)C)nc2C(=O)O)cc1F. The summed E-state index contributed by atoms with van der Waals surface area (Å²) >= 11 is 0. The molecule has 0 fully saturated rings. The van der Waals surface area contributed by atoms with Gasteiger partial charge in [0.05, 0.1) is 11.9 Å². The molecule has 0 bridgehead atoms. The van der Waals surface area contributed by atoms with Crippen LogP contribution in [0, 0.1) is 12.7 Å². The molecular weight excluding hydrogens is 273 g/mol. The molecule has 2 rings (SSSR count). The Labute approximate surface area is 121 Å². The Morgan fingerprint density at radius 3 is 2.67 bits per heavy atom. The van der Waals surface area contributed by atoms with Crippen molar-refractivity contribution in [1.29, 1.82) is 0 Å². The van der Waals surface area contributed by atoms with Gasteiger partial charge in [0.15, 0.2) is 5.69 Å². The first-order chi connectivity index (χ1) is 9.88. The molecular formula is C15H16FN3O2. The van der Waals surface area contributed by atoms with Gasteiger partial charge in [-0.1, -0.05) is 19.9 Å². The summed E-state index contributed by atoms with van der Waals surface area (Å²) in [6, 6.07) is 4.58. The van der Waals surface area contributed by atoms with Gasteiger partial charge in [-0.25, -0.2) is 19.2 Å². The van der Waals surface area contributed by atoms with Crippen LogP contribution in [0.5, 0.6) is 0 Å². The van der Waals surface area contributed by atoms with E-state index in [1.807, 2.05) is 13.8 Å². The largest absolute Gasteiger partial charge is 0.476 e. The summed E-state index contributed by atoms with van der Waals surface area (Å²) in [7, 11) is 0. The number of aromatic nitrogens is 2. The van der Waals surface area contributed by atoms with Gasteiger partial charge in [-0.05, 0) is 24.6 Å². The number of anilines is 2. The molecule has 0 aliphatic heterocycles. The second-order valence-electron chi connectivity index (χ2n) is 5.04. The molecule has 0 aliphatic carbocycles. The summed E-state index contributed by atoms with van der Waals surface area (Å²) in [5.74, 6) is -1.05. The Morgan fingerprint density at radius 1 is 1.38 bits per heavy atom. The number of nitrogens with one attached hydrogen (secondary N) is 1. The highest BCUT2D eigenvalue weighted by atomic mass is 19.1. The van der Waals surface area contributed by atoms with Crippen LogP contribution in [0.25, 0.3) is 0 Å². The van der Waals surface area contributed by atoms with Crippen molar-refractivity contribution in [3.8, 4) is 0 Å². The highest BCUT2D eigenvalue weighted by molar-refractivity contribution is 5.92. The van der Waals surface area contributed by atoms with Gasteiger partial charge < -0.3 is 10.4 Å². The van der Waals surface area contributed by atoms with Crippen molar-refractivity contribution in [2.24, 2.45) is 0 Å². The van der Waals surface area contributed by atoms with Gasteiger partial charge in [-0.3, -0.25) is 0 Å². The number of carboxylic acid groups (broad SMARTS) is 1. The van der Waals surface area contributed by atoms with Gasteiger partial charge in [-0.2, -0.15) is 0 Å². The molecule has 6 heteroatoms. The van der Waals surface area contributed by atoms with Crippen LogP contribution >= 0.6 is 0 Å². The molecule has 2 aromatic rings. The number of nitrogens with zero attached hydrogens (tertiary/aromatic N) is 2. The summed E-state index contributed by atoms with van der Waals surface area (Å²) in [6.45, 7) is 5.41. The number of aromatic carboxylic acids is 1. The third-order valence-corrected chi connectivity index (χ3v) is 2.98. The molecule has 21 heavy (non-hydrogen) atoms. The molecule has 0 aliphatic rings. The van der Waals surface area contributed by atoms with E-state index in [0.29, 0.717) is 17.1 Å². The van der Waals surface area contributed by atoms with Gasteiger partial charge in [0.1, 0.15) is 11.6 Å². The van der Waals surface area contributed by atoms with Crippen molar-refractivity contribution in [3.63, 3.8) is 0 Å². The first-order valence-electron chi connectivity index (χ1n) is 6.52. The third kappa shape index (κ3) is 3.34. The van der Waals surface area contributed by atoms with Gasteiger partial charge in [0.25, 0.3) is 0 Å². The topological polar surface area (TPSA) is 75.1 Å². The number of carboxylic acids is 1. The van der Waals surface area contributed by atoms with Crippen molar-refractivity contribution >= 4 is 17.3 Å². The predicted molar refractivity (Wildman–Crippen MR) is 77.5 cm³/mol. The lowest BCUT2D eigenvalue weighted by atomic mass is 10.2. The Kier molecular flexibility index (Phi) is 4.16. The van der Waals surface area contributed by atoms with E-state index in [0.717, 1.165) is 0 Å². The zero-order chi connectivity index (χ0) is 15.6. The zero-order valence-corrected chi connectivity index (χ0v) is 12.0. The monoisotopic (exact) mass is 289 g/mol.